The molecule has 0 aliphatic carbocycles. The highest BCUT2D eigenvalue weighted by molar-refractivity contribution is 7.90. The number of amides is 1. The van der Waals surface area contributed by atoms with Gasteiger partial charge in [-0.15, -0.1) is 0 Å². The van der Waals surface area contributed by atoms with Crippen molar-refractivity contribution in [3.05, 3.63) is 83.4 Å². The minimum absolute atomic E-state index is 0.192. The van der Waals surface area contributed by atoms with Crippen molar-refractivity contribution in [1.29, 1.82) is 0 Å². The SMILES string of the molecule is CS(=O)(=O)c1cc(NC(=O)c2ccc(COc3ccc(F)cc3)cc2)c(F)cc1O. The molecule has 2 N–H and O–H groups in total. The first-order valence-corrected chi connectivity index (χ1v) is 10.5. The molecule has 30 heavy (non-hydrogen) atoms. The molecule has 0 aliphatic rings. The number of phenols is 1. The number of rotatable bonds is 6. The number of hydrogen-bond donors (Lipinski definition) is 2. The minimum atomic E-state index is -3.81. The van der Waals surface area contributed by atoms with Crippen LogP contribution in [-0.4, -0.2) is 25.7 Å². The van der Waals surface area contributed by atoms with E-state index in [0.717, 1.165) is 17.9 Å². The number of hydrogen-bond acceptors (Lipinski definition) is 5. The van der Waals surface area contributed by atoms with E-state index in [1.54, 1.807) is 12.1 Å². The van der Waals surface area contributed by atoms with Crippen LogP contribution in [0.25, 0.3) is 0 Å². The summed E-state index contributed by atoms with van der Waals surface area (Å²) in [5, 5.41) is 11.9. The predicted octanol–water partition coefficient (Wildman–Crippen LogP) is 3.91. The smallest absolute Gasteiger partial charge is 0.255 e. The number of carbonyl (C=O) groups excluding carboxylic acids is 1. The normalized spacial score (nSPS) is 11.2. The molecule has 3 aromatic rings. The lowest BCUT2D eigenvalue weighted by Crippen LogP contribution is -2.14. The fourth-order valence-corrected chi connectivity index (χ4v) is 3.35. The maximum atomic E-state index is 14.0. The van der Waals surface area contributed by atoms with E-state index in [2.05, 4.69) is 5.32 Å². The molecular weight excluding hydrogens is 416 g/mol. The number of aromatic hydroxyl groups is 1. The molecule has 0 atom stereocenters. The second-order valence-corrected chi connectivity index (χ2v) is 8.45. The molecule has 3 aromatic carbocycles. The predicted molar refractivity (Wildman–Crippen MR) is 106 cm³/mol. The van der Waals surface area contributed by atoms with Gasteiger partial charge in [-0.05, 0) is 48.0 Å². The maximum Gasteiger partial charge on any atom is 0.255 e. The Morgan fingerprint density at radius 2 is 1.67 bits per heavy atom. The lowest BCUT2D eigenvalue weighted by molar-refractivity contribution is 0.102. The fourth-order valence-electron chi connectivity index (χ4n) is 2.58. The lowest BCUT2D eigenvalue weighted by Gasteiger charge is -2.10. The quantitative estimate of drug-likeness (QED) is 0.454. The van der Waals surface area contributed by atoms with Gasteiger partial charge in [0.05, 0.1) is 5.69 Å². The van der Waals surface area contributed by atoms with Crippen LogP contribution in [0, 0.1) is 11.6 Å². The van der Waals surface area contributed by atoms with Gasteiger partial charge in [-0.3, -0.25) is 4.79 Å². The fraction of sp³-hybridized carbons (Fsp3) is 0.0952. The molecule has 0 unspecified atom stereocenters. The zero-order chi connectivity index (χ0) is 21.9. The number of halogens is 2. The first kappa shape index (κ1) is 21.3. The Morgan fingerprint density at radius 3 is 2.27 bits per heavy atom. The summed E-state index contributed by atoms with van der Waals surface area (Å²) in [4.78, 5) is 11.9. The molecule has 1 amide bonds. The first-order valence-electron chi connectivity index (χ1n) is 8.65. The molecule has 0 saturated carbocycles. The summed E-state index contributed by atoms with van der Waals surface area (Å²) in [6, 6.07) is 13.3. The molecule has 0 saturated heterocycles. The Balaban J connectivity index is 1.70. The molecule has 3 rings (SSSR count). The third-order valence-electron chi connectivity index (χ3n) is 4.13. The summed E-state index contributed by atoms with van der Waals surface area (Å²) in [6.45, 7) is 0.192. The molecule has 0 aliphatic heterocycles. The summed E-state index contributed by atoms with van der Waals surface area (Å²) >= 11 is 0. The third-order valence-corrected chi connectivity index (χ3v) is 5.26. The Bertz CT molecular complexity index is 1180. The molecule has 0 aromatic heterocycles. The number of sulfone groups is 1. The number of anilines is 1. The second-order valence-electron chi connectivity index (χ2n) is 6.47. The van der Waals surface area contributed by atoms with Crippen molar-refractivity contribution in [2.45, 2.75) is 11.5 Å². The Labute approximate surface area is 171 Å². The van der Waals surface area contributed by atoms with E-state index >= 15 is 0 Å². The zero-order valence-corrected chi connectivity index (χ0v) is 16.5. The molecule has 156 valence electrons. The van der Waals surface area contributed by atoms with Crippen molar-refractivity contribution < 1.29 is 31.8 Å². The van der Waals surface area contributed by atoms with Gasteiger partial charge in [0.15, 0.2) is 9.84 Å². The van der Waals surface area contributed by atoms with Crippen molar-refractivity contribution in [1.82, 2.24) is 0 Å². The van der Waals surface area contributed by atoms with E-state index in [1.165, 1.54) is 36.4 Å². The molecule has 0 bridgehead atoms. The largest absolute Gasteiger partial charge is 0.506 e. The van der Waals surface area contributed by atoms with Crippen LogP contribution < -0.4 is 10.1 Å². The van der Waals surface area contributed by atoms with Gasteiger partial charge in [-0.2, -0.15) is 0 Å². The average Bonchev–Trinajstić information content (AvgIpc) is 2.69. The van der Waals surface area contributed by atoms with E-state index in [1.807, 2.05) is 0 Å². The van der Waals surface area contributed by atoms with Crippen LogP contribution >= 0.6 is 0 Å². The molecule has 0 spiro atoms. The highest BCUT2D eigenvalue weighted by atomic mass is 32.2. The summed E-state index contributed by atoms with van der Waals surface area (Å²) in [6.07, 6.45) is 0.859. The molecule has 6 nitrogen and oxygen atoms in total. The van der Waals surface area contributed by atoms with Crippen LogP contribution in [0.1, 0.15) is 15.9 Å². The molecule has 0 fully saturated rings. The second kappa shape index (κ2) is 8.50. The summed E-state index contributed by atoms with van der Waals surface area (Å²) in [7, 11) is -3.81. The van der Waals surface area contributed by atoms with Gasteiger partial charge in [-0.1, -0.05) is 12.1 Å². The van der Waals surface area contributed by atoms with Crippen LogP contribution in [0.2, 0.25) is 0 Å². The van der Waals surface area contributed by atoms with Gasteiger partial charge in [0.2, 0.25) is 0 Å². The number of phenolic OH excluding ortho intramolecular Hbond substituents is 1. The summed E-state index contributed by atoms with van der Waals surface area (Å²) in [5.41, 5.74) is 0.571. The van der Waals surface area contributed by atoms with Crippen molar-refractivity contribution in [2.75, 3.05) is 11.6 Å². The number of ether oxygens (including phenoxy) is 1. The van der Waals surface area contributed by atoms with Crippen LogP contribution in [0.5, 0.6) is 11.5 Å². The van der Waals surface area contributed by atoms with Crippen LogP contribution in [0.15, 0.2) is 65.6 Å². The van der Waals surface area contributed by atoms with E-state index in [9.17, 15) is 27.1 Å². The Kier molecular flexibility index (Phi) is 6.02. The summed E-state index contributed by atoms with van der Waals surface area (Å²) < 4.78 is 55.8. The molecular formula is C21H17F2NO5S. The Hall–Kier alpha value is -3.46. The van der Waals surface area contributed by atoms with Crippen LogP contribution in [-0.2, 0) is 16.4 Å². The van der Waals surface area contributed by atoms with Crippen molar-refractivity contribution in [3.63, 3.8) is 0 Å². The van der Waals surface area contributed by atoms with E-state index in [-0.39, 0.29) is 23.7 Å². The average molecular weight is 433 g/mol. The summed E-state index contributed by atoms with van der Waals surface area (Å²) in [5.74, 6) is -2.25. The number of nitrogens with one attached hydrogen (secondary N) is 1. The highest BCUT2D eigenvalue weighted by Crippen LogP contribution is 2.29. The maximum absolute atomic E-state index is 14.0. The topological polar surface area (TPSA) is 92.7 Å². The van der Waals surface area contributed by atoms with Crippen molar-refractivity contribution in [2.24, 2.45) is 0 Å². The van der Waals surface area contributed by atoms with Crippen molar-refractivity contribution in [3.8, 4) is 11.5 Å². The van der Waals surface area contributed by atoms with E-state index in [0.29, 0.717) is 11.8 Å². The zero-order valence-electron chi connectivity index (χ0n) is 15.7. The lowest BCUT2D eigenvalue weighted by atomic mass is 10.1. The van der Waals surface area contributed by atoms with Gasteiger partial charge < -0.3 is 15.2 Å². The number of carbonyl (C=O) groups is 1. The van der Waals surface area contributed by atoms with Crippen molar-refractivity contribution >= 4 is 21.4 Å². The molecule has 0 radical (unpaired) electrons. The van der Waals surface area contributed by atoms with Gasteiger partial charge in [-0.25, -0.2) is 17.2 Å². The Morgan fingerprint density at radius 1 is 1.03 bits per heavy atom. The monoisotopic (exact) mass is 433 g/mol. The van der Waals surface area contributed by atoms with Gasteiger partial charge >= 0.3 is 0 Å². The number of benzene rings is 3. The van der Waals surface area contributed by atoms with Gasteiger partial charge in [0, 0.05) is 17.9 Å². The van der Waals surface area contributed by atoms with Gasteiger partial charge in [0.1, 0.15) is 34.6 Å². The molecule has 0 heterocycles. The molecule has 9 heteroatoms. The third kappa shape index (κ3) is 5.12. The van der Waals surface area contributed by atoms with Gasteiger partial charge in [0.25, 0.3) is 5.91 Å². The standard InChI is InChI=1S/C21H17F2NO5S/c1-30(27,28)20-11-18(17(23)10-19(20)25)24-21(26)14-4-2-13(3-5-14)12-29-16-8-6-15(22)7-9-16/h2-11,25H,12H2,1H3,(H,24,26). The van der Waals surface area contributed by atoms with Crippen LogP contribution in [0.4, 0.5) is 14.5 Å². The van der Waals surface area contributed by atoms with E-state index in [4.69, 9.17) is 4.74 Å². The van der Waals surface area contributed by atoms with E-state index < -0.39 is 32.2 Å². The minimum Gasteiger partial charge on any atom is -0.506 e. The highest BCUT2D eigenvalue weighted by Gasteiger charge is 2.19. The van der Waals surface area contributed by atoms with Crippen LogP contribution in [0.3, 0.4) is 0 Å². The first-order chi connectivity index (χ1) is 14.1.